The quantitative estimate of drug-likeness (QED) is 0.933. The van der Waals surface area contributed by atoms with Gasteiger partial charge in [0.05, 0.1) is 0 Å². The van der Waals surface area contributed by atoms with Crippen molar-refractivity contribution in [1.82, 2.24) is 10.2 Å². The Labute approximate surface area is 130 Å². The molecule has 2 unspecified atom stereocenters. The fourth-order valence-electron chi connectivity index (χ4n) is 3.19. The van der Waals surface area contributed by atoms with E-state index >= 15 is 0 Å². The minimum Gasteiger partial charge on any atom is -0.444 e. The lowest BCUT2D eigenvalue weighted by Gasteiger charge is -2.26. The molecule has 5 heteroatoms. The number of halogens is 1. The molecule has 1 aromatic rings. The molecule has 0 radical (unpaired) electrons. The molecule has 1 N–H and O–H groups in total. The third kappa shape index (κ3) is 3.40. The smallest absolute Gasteiger partial charge is 0.410 e. The summed E-state index contributed by atoms with van der Waals surface area (Å²) in [6.07, 6.45) is -0.219. The predicted molar refractivity (Wildman–Crippen MR) is 81.8 cm³/mol. The highest BCUT2D eigenvalue weighted by Gasteiger charge is 2.56. The highest BCUT2D eigenvalue weighted by molar-refractivity contribution is 5.69. The Hall–Kier alpha value is -1.62. The molecule has 0 spiro atoms. The van der Waals surface area contributed by atoms with Crippen molar-refractivity contribution >= 4 is 6.09 Å². The van der Waals surface area contributed by atoms with Gasteiger partial charge in [0.15, 0.2) is 0 Å². The average Bonchev–Trinajstić information content (AvgIpc) is 2.86. The van der Waals surface area contributed by atoms with Gasteiger partial charge in [-0.2, -0.15) is 0 Å². The highest BCUT2D eigenvalue weighted by Crippen LogP contribution is 2.45. The molecule has 1 saturated carbocycles. The topological polar surface area (TPSA) is 41.6 Å². The van der Waals surface area contributed by atoms with Crippen molar-refractivity contribution in [3.05, 3.63) is 35.6 Å². The summed E-state index contributed by atoms with van der Waals surface area (Å²) in [6.45, 7) is 7.81. The number of hydrogen-bond donors (Lipinski definition) is 1. The summed E-state index contributed by atoms with van der Waals surface area (Å²) < 4.78 is 18.5. The molecule has 1 aromatic carbocycles. The maximum atomic E-state index is 13.1. The first-order valence-electron chi connectivity index (χ1n) is 7.79. The van der Waals surface area contributed by atoms with Crippen LogP contribution in [0.15, 0.2) is 24.3 Å². The summed E-state index contributed by atoms with van der Waals surface area (Å²) in [4.78, 5) is 13.8. The first-order chi connectivity index (χ1) is 10.3. The van der Waals surface area contributed by atoms with Crippen LogP contribution in [0.5, 0.6) is 0 Å². The van der Waals surface area contributed by atoms with Gasteiger partial charge in [0.1, 0.15) is 11.4 Å². The average molecular weight is 306 g/mol. The zero-order chi connectivity index (χ0) is 15.9. The van der Waals surface area contributed by atoms with Gasteiger partial charge in [0.2, 0.25) is 0 Å². The highest BCUT2D eigenvalue weighted by atomic mass is 19.1. The summed E-state index contributed by atoms with van der Waals surface area (Å²) in [5.74, 6) is 0.800. The van der Waals surface area contributed by atoms with Crippen molar-refractivity contribution in [1.29, 1.82) is 0 Å². The van der Waals surface area contributed by atoms with Gasteiger partial charge >= 0.3 is 6.09 Å². The maximum absolute atomic E-state index is 13.1. The minimum absolute atomic E-state index is 0.202. The third-order valence-electron chi connectivity index (χ3n) is 4.28. The van der Waals surface area contributed by atoms with Crippen LogP contribution in [-0.4, -0.2) is 35.7 Å². The fourth-order valence-corrected chi connectivity index (χ4v) is 3.19. The van der Waals surface area contributed by atoms with Gasteiger partial charge in [0.25, 0.3) is 0 Å². The number of amides is 1. The van der Waals surface area contributed by atoms with Crippen LogP contribution < -0.4 is 5.32 Å². The van der Waals surface area contributed by atoms with E-state index in [-0.39, 0.29) is 11.9 Å². The Morgan fingerprint density at radius 1 is 1.36 bits per heavy atom. The summed E-state index contributed by atoms with van der Waals surface area (Å²) in [6, 6.07) is 7.08. The van der Waals surface area contributed by atoms with Crippen LogP contribution >= 0.6 is 0 Å². The molecule has 120 valence electrons. The Kier molecular flexibility index (Phi) is 3.85. The summed E-state index contributed by atoms with van der Waals surface area (Å²) in [5, 5.41) is 3.46. The van der Waals surface area contributed by atoms with Crippen molar-refractivity contribution in [3.8, 4) is 0 Å². The SMILES string of the molecule is CC(C)(C)OC(=O)N1CC2C(C1)C2NCc1cccc(F)c1. The molecule has 22 heavy (non-hydrogen) atoms. The van der Waals surface area contributed by atoms with Gasteiger partial charge in [-0.15, -0.1) is 0 Å². The van der Waals surface area contributed by atoms with E-state index in [0.717, 1.165) is 18.7 Å². The van der Waals surface area contributed by atoms with Crippen molar-refractivity contribution < 1.29 is 13.9 Å². The molecule has 1 saturated heterocycles. The van der Waals surface area contributed by atoms with Crippen molar-refractivity contribution in [2.75, 3.05) is 13.1 Å². The Bertz CT molecular complexity index is 558. The number of piperidine rings is 1. The molecular weight excluding hydrogens is 283 g/mol. The van der Waals surface area contributed by atoms with E-state index in [2.05, 4.69) is 5.32 Å². The number of carbonyl (C=O) groups excluding carboxylic acids is 1. The Morgan fingerprint density at radius 2 is 2.05 bits per heavy atom. The molecule has 1 aliphatic heterocycles. The Morgan fingerprint density at radius 3 is 2.64 bits per heavy atom. The molecule has 1 heterocycles. The van der Waals surface area contributed by atoms with Crippen molar-refractivity contribution in [2.45, 2.75) is 39.0 Å². The van der Waals surface area contributed by atoms with Gasteiger partial charge < -0.3 is 15.0 Å². The van der Waals surface area contributed by atoms with E-state index in [0.29, 0.717) is 24.4 Å². The number of likely N-dealkylation sites (tertiary alicyclic amines) is 1. The number of fused-ring (bicyclic) bond motifs is 1. The van der Waals surface area contributed by atoms with E-state index in [9.17, 15) is 9.18 Å². The van der Waals surface area contributed by atoms with E-state index in [1.807, 2.05) is 26.8 Å². The van der Waals surface area contributed by atoms with E-state index in [1.165, 1.54) is 6.07 Å². The molecule has 0 bridgehead atoms. The molecule has 2 atom stereocenters. The standard InChI is InChI=1S/C17H23FN2O2/c1-17(2,3)22-16(21)20-9-13-14(10-20)15(13)19-8-11-5-4-6-12(18)7-11/h4-7,13-15,19H,8-10H2,1-3H3. The maximum Gasteiger partial charge on any atom is 0.410 e. The molecule has 2 fully saturated rings. The second kappa shape index (κ2) is 5.54. The lowest BCUT2D eigenvalue weighted by molar-refractivity contribution is 0.0269. The van der Waals surface area contributed by atoms with Crippen molar-refractivity contribution in [2.24, 2.45) is 11.8 Å². The van der Waals surface area contributed by atoms with Crippen LogP contribution in [-0.2, 0) is 11.3 Å². The molecular formula is C17H23FN2O2. The van der Waals surface area contributed by atoms with Crippen LogP contribution in [0.2, 0.25) is 0 Å². The monoisotopic (exact) mass is 306 g/mol. The third-order valence-corrected chi connectivity index (χ3v) is 4.28. The van der Waals surface area contributed by atoms with E-state index in [4.69, 9.17) is 4.74 Å². The minimum atomic E-state index is -0.446. The van der Waals surface area contributed by atoms with Crippen LogP contribution in [0.25, 0.3) is 0 Å². The molecule has 0 aromatic heterocycles. The van der Waals surface area contributed by atoms with Gasteiger partial charge in [-0.3, -0.25) is 0 Å². The van der Waals surface area contributed by atoms with E-state index < -0.39 is 5.60 Å². The molecule has 1 amide bonds. The van der Waals surface area contributed by atoms with Gasteiger partial charge in [-0.1, -0.05) is 12.1 Å². The van der Waals surface area contributed by atoms with Crippen LogP contribution in [0.4, 0.5) is 9.18 Å². The zero-order valence-corrected chi connectivity index (χ0v) is 13.3. The first kappa shape index (κ1) is 15.3. The number of nitrogens with zero attached hydrogens (tertiary/aromatic N) is 1. The Balaban J connectivity index is 1.44. The number of carbonyl (C=O) groups is 1. The summed E-state index contributed by atoms with van der Waals surface area (Å²) in [5.41, 5.74) is 0.507. The summed E-state index contributed by atoms with van der Waals surface area (Å²) >= 11 is 0. The molecule has 3 rings (SSSR count). The molecule has 4 nitrogen and oxygen atoms in total. The lowest BCUT2D eigenvalue weighted by Crippen LogP contribution is -2.39. The number of benzene rings is 1. The largest absolute Gasteiger partial charge is 0.444 e. The number of hydrogen-bond acceptors (Lipinski definition) is 3. The fraction of sp³-hybridized carbons (Fsp3) is 0.588. The van der Waals surface area contributed by atoms with Gasteiger partial charge in [-0.05, 0) is 50.3 Å². The van der Waals surface area contributed by atoms with Crippen LogP contribution in [0, 0.1) is 17.7 Å². The van der Waals surface area contributed by atoms with Crippen LogP contribution in [0.1, 0.15) is 26.3 Å². The predicted octanol–water partition coefficient (Wildman–Crippen LogP) is 2.78. The van der Waals surface area contributed by atoms with Crippen LogP contribution in [0.3, 0.4) is 0 Å². The molecule has 1 aliphatic carbocycles. The molecule has 2 aliphatic rings. The van der Waals surface area contributed by atoms with Crippen molar-refractivity contribution in [3.63, 3.8) is 0 Å². The lowest BCUT2D eigenvalue weighted by atomic mass is 10.2. The van der Waals surface area contributed by atoms with Gasteiger partial charge in [0, 0.05) is 25.7 Å². The van der Waals surface area contributed by atoms with E-state index in [1.54, 1.807) is 17.0 Å². The number of nitrogens with one attached hydrogen (secondary N) is 1. The number of rotatable bonds is 3. The summed E-state index contributed by atoms with van der Waals surface area (Å²) in [7, 11) is 0. The number of ether oxygens (including phenoxy) is 1. The normalized spacial score (nSPS) is 26.7. The first-order valence-corrected chi connectivity index (χ1v) is 7.79. The van der Waals surface area contributed by atoms with Gasteiger partial charge in [-0.25, -0.2) is 9.18 Å². The zero-order valence-electron chi connectivity index (χ0n) is 13.3. The second-order valence-corrected chi connectivity index (χ2v) is 7.25. The second-order valence-electron chi connectivity index (χ2n) is 7.25.